The quantitative estimate of drug-likeness (QED) is 0.570. The molecular formula is C7H12N2. The Bertz CT molecular complexity index is 128. The van der Waals surface area contributed by atoms with Crippen molar-refractivity contribution in [2.24, 2.45) is 5.73 Å². The van der Waals surface area contributed by atoms with E-state index in [0.29, 0.717) is 6.42 Å². The van der Waals surface area contributed by atoms with E-state index < -0.39 is 0 Å². The van der Waals surface area contributed by atoms with Crippen LogP contribution in [0.5, 0.6) is 0 Å². The molecule has 0 aromatic carbocycles. The van der Waals surface area contributed by atoms with Gasteiger partial charge >= 0.3 is 0 Å². The van der Waals surface area contributed by atoms with Gasteiger partial charge in [0.2, 0.25) is 0 Å². The van der Waals surface area contributed by atoms with E-state index in [4.69, 9.17) is 11.0 Å². The minimum atomic E-state index is -0.116. The van der Waals surface area contributed by atoms with Crippen molar-refractivity contribution in [3.8, 4) is 6.07 Å². The van der Waals surface area contributed by atoms with Gasteiger partial charge in [0.05, 0.1) is 12.5 Å². The maximum atomic E-state index is 8.36. The summed E-state index contributed by atoms with van der Waals surface area (Å²) in [6.45, 7) is 0. The minimum absolute atomic E-state index is 0.116. The third-order valence-electron chi connectivity index (χ3n) is 2.03. The van der Waals surface area contributed by atoms with E-state index in [1.54, 1.807) is 0 Å². The minimum Gasteiger partial charge on any atom is -0.324 e. The Kier molecular flexibility index (Phi) is 1.73. The zero-order valence-corrected chi connectivity index (χ0v) is 5.56. The highest BCUT2D eigenvalue weighted by Crippen LogP contribution is 2.29. The first-order valence-electron chi connectivity index (χ1n) is 3.43. The van der Waals surface area contributed by atoms with Crippen LogP contribution in [0.3, 0.4) is 0 Å². The summed E-state index contributed by atoms with van der Waals surface area (Å²) in [5.74, 6) is 0. The molecule has 0 saturated heterocycles. The first kappa shape index (κ1) is 6.57. The summed E-state index contributed by atoms with van der Waals surface area (Å²) in [7, 11) is 0. The number of rotatable bonds is 1. The number of nitriles is 1. The SMILES string of the molecule is N#CCC1(N)CCCC1. The molecule has 2 N–H and O–H groups in total. The highest BCUT2D eigenvalue weighted by molar-refractivity contribution is 4.96. The lowest BCUT2D eigenvalue weighted by Gasteiger charge is -2.18. The van der Waals surface area contributed by atoms with Crippen molar-refractivity contribution in [3.63, 3.8) is 0 Å². The van der Waals surface area contributed by atoms with Gasteiger partial charge in [0.25, 0.3) is 0 Å². The highest BCUT2D eigenvalue weighted by Gasteiger charge is 2.28. The standard InChI is InChI=1S/C7H12N2/c8-6-5-7(9)3-1-2-4-7/h1-5,9H2. The highest BCUT2D eigenvalue weighted by atomic mass is 14.7. The first-order chi connectivity index (χ1) is 4.27. The molecule has 0 aromatic heterocycles. The molecule has 0 radical (unpaired) electrons. The van der Waals surface area contributed by atoms with E-state index in [2.05, 4.69) is 6.07 Å². The average Bonchev–Trinajstić information content (AvgIpc) is 2.16. The van der Waals surface area contributed by atoms with Crippen molar-refractivity contribution < 1.29 is 0 Å². The zero-order valence-electron chi connectivity index (χ0n) is 5.56. The van der Waals surface area contributed by atoms with Gasteiger partial charge in [-0.3, -0.25) is 0 Å². The number of hydrogen-bond donors (Lipinski definition) is 1. The van der Waals surface area contributed by atoms with Gasteiger partial charge < -0.3 is 5.73 Å². The van der Waals surface area contributed by atoms with Crippen LogP contribution in [0, 0.1) is 11.3 Å². The molecule has 2 heteroatoms. The Morgan fingerprint density at radius 3 is 2.44 bits per heavy atom. The predicted octanol–water partition coefficient (Wildman–Crippen LogP) is 1.17. The number of nitrogens with zero attached hydrogens (tertiary/aromatic N) is 1. The average molecular weight is 124 g/mol. The summed E-state index contributed by atoms with van der Waals surface area (Å²) in [6.07, 6.45) is 5.03. The molecule has 0 amide bonds. The van der Waals surface area contributed by atoms with Crippen molar-refractivity contribution in [1.82, 2.24) is 0 Å². The van der Waals surface area contributed by atoms with Crippen molar-refractivity contribution >= 4 is 0 Å². The fourth-order valence-corrected chi connectivity index (χ4v) is 1.41. The van der Waals surface area contributed by atoms with Crippen molar-refractivity contribution in [2.45, 2.75) is 37.6 Å². The lowest BCUT2D eigenvalue weighted by atomic mass is 9.96. The summed E-state index contributed by atoms with van der Waals surface area (Å²) >= 11 is 0. The lowest BCUT2D eigenvalue weighted by Crippen LogP contribution is -2.35. The van der Waals surface area contributed by atoms with E-state index in [-0.39, 0.29) is 5.54 Å². The second-order valence-electron chi connectivity index (χ2n) is 2.90. The molecule has 50 valence electrons. The second-order valence-corrected chi connectivity index (χ2v) is 2.90. The van der Waals surface area contributed by atoms with Crippen LogP contribution in [-0.4, -0.2) is 5.54 Å². The fourth-order valence-electron chi connectivity index (χ4n) is 1.41. The molecule has 0 aliphatic heterocycles. The molecule has 1 fully saturated rings. The Hall–Kier alpha value is -0.550. The topological polar surface area (TPSA) is 49.8 Å². The number of hydrogen-bond acceptors (Lipinski definition) is 2. The maximum Gasteiger partial charge on any atom is 0.0641 e. The van der Waals surface area contributed by atoms with Crippen molar-refractivity contribution in [2.75, 3.05) is 0 Å². The van der Waals surface area contributed by atoms with Crippen LogP contribution < -0.4 is 5.73 Å². The van der Waals surface area contributed by atoms with E-state index in [1.807, 2.05) is 0 Å². The third kappa shape index (κ3) is 1.43. The Labute approximate surface area is 55.7 Å². The van der Waals surface area contributed by atoms with Gasteiger partial charge in [-0.05, 0) is 12.8 Å². The predicted molar refractivity (Wildman–Crippen MR) is 35.6 cm³/mol. The molecule has 1 aliphatic carbocycles. The largest absolute Gasteiger partial charge is 0.324 e. The monoisotopic (exact) mass is 124 g/mol. The molecule has 0 unspecified atom stereocenters. The van der Waals surface area contributed by atoms with Gasteiger partial charge in [0.15, 0.2) is 0 Å². The second kappa shape index (κ2) is 2.36. The van der Waals surface area contributed by atoms with Crippen molar-refractivity contribution in [3.05, 3.63) is 0 Å². The molecule has 1 rings (SSSR count). The number of nitrogens with two attached hydrogens (primary N) is 1. The van der Waals surface area contributed by atoms with Gasteiger partial charge in [-0.2, -0.15) is 5.26 Å². The molecule has 0 aromatic rings. The summed E-state index contributed by atoms with van der Waals surface area (Å²) in [5, 5.41) is 8.36. The summed E-state index contributed by atoms with van der Waals surface area (Å²) in [4.78, 5) is 0. The normalized spacial score (nSPS) is 23.6. The van der Waals surface area contributed by atoms with E-state index >= 15 is 0 Å². The van der Waals surface area contributed by atoms with Gasteiger partial charge in [0, 0.05) is 5.54 Å². The van der Waals surface area contributed by atoms with Crippen LogP contribution in [0.25, 0.3) is 0 Å². The molecule has 2 nitrogen and oxygen atoms in total. The van der Waals surface area contributed by atoms with Crippen LogP contribution in [-0.2, 0) is 0 Å². The molecule has 0 heterocycles. The van der Waals surface area contributed by atoms with Crippen LogP contribution in [0.1, 0.15) is 32.1 Å². The van der Waals surface area contributed by atoms with Gasteiger partial charge in [-0.25, -0.2) is 0 Å². The molecule has 9 heavy (non-hydrogen) atoms. The third-order valence-corrected chi connectivity index (χ3v) is 2.03. The first-order valence-corrected chi connectivity index (χ1v) is 3.43. The van der Waals surface area contributed by atoms with E-state index in [9.17, 15) is 0 Å². The summed E-state index contributed by atoms with van der Waals surface area (Å²) < 4.78 is 0. The summed E-state index contributed by atoms with van der Waals surface area (Å²) in [5.41, 5.74) is 5.73. The molecule has 0 spiro atoms. The lowest BCUT2D eigenvalue weighted by molar-refractivity contribution is 0.449. The molecule has 1 saturated carbocycles. The van der Waals surface area contributed by atoms with Gasteiger partial charge in [0.1, 0.15) is 0 Å². The smallest absolute Gasteiger partial charge is 0.0641 e. The van der Waals surface area contributed by atoms with Crippen molar-refractivity contribution in [1.29, 1.82) is 5.26 Å². The van der Waals surface area contributed by atoms with Crippen LogP contribution in [0.2, 0.25) is 0 Å². The van der Waals surface area contributed by atoms with Crippen LogP contribution >= 0.6 is 0 Å². The molecular weight excluding hydrogens is 112 g/mol. The fraction of sp³-hybridized carbons (Fsp3) is 0.857. The van der Waals surface area contributed by atoms with E-state index in [0.717, 1.165) is 12.8 Å². The van der Waals surface area contributed by atoms with Crippen LogP contribution in [0.4, 0.5) is 0 Å². The summed E-state index contributed by atoms with van der Waals surface area (Å²) in [6, 6.07) is 2.13. The molecule has 0 atom stereocenters. The van der Waals surface area contributed by atoms with Gasteiger partial charge in [-0.15, -0.1) is 0 Å². The molecule has 0 bridgehead atoms. The zero-order chi connectivity index (χ0) is 6.74. The Morgan fingerprint density at radius 2 is 2.00 bits per heavy atom. The Morgan fingerprint density at radius 1 is 1.44 bits per heavy atom. The molecule has 1 aliphatic rings. The Balaban J connectivity index is 2.43. The van der Waals surface area contributed by atoms with Gasteiger partial charge in [-0.1, -0.05) is 12.8 Å². The van der Waals surface area contributed by atoms with Crippen LogP contribution in [0.15, 0.2) is 0 Å². The maximum absolute atomic E-state index is 8.36. The van der Waals surface area contributed by atoms with E-state index in [1.165, 1.54) is 12.8 Å².